The fourth-order valence-electron chi connectivity index (χ4n) is 4.02. The minimum absolute atomic E-state index is 0.121. The summed E-state index contributed by atoms with van der Waals surface area (Å²) >= 11 is 0. The summed E-state index contributed by atoms with van der Waals surface area (Å²) in [6, 6.07) is 9.06. The Bertz CT molecular complexity index is 578. The molecule has 2 nitrogen and oxygen atoms in total. The van der Waals surface area contributed by atoms with E-state index in [-0.39, 0.29) is 5.41 Å². The third-order valence-corrected chi connectivity index (χ3v) is 5.77. The Balaban J connectivity index is 1.79. The lowest BCUT2D eigenvalue weighted by Crippen LogP contribution is -2.13. The number of aliphatic imine (C=N–C) groups is 2. The van der Waals surface area contributed by atoms with Crippen LogP contribution in [-0.4, -0.2) is 24.5 Å². The molecule has 2 aliphatic rings. The van der Waals surface area contributed by atoms with Gasteiger partial charge in [-0.05, 0) is 43.5 Å². The lowest BCUT2D eigenvalue weighted by molar-refractivity contribution is 0.444. The van der Waals surface area contributed by atoms with Gasteiger partial charge in [0, 0.05) is 12.1 Å². The van der Waals surface area contributed by atoms with Crippen LogP contribution in [-0.2, 0) is 5.41 Å². The minimum Gasteiger partial charge on any atom is -0.328 e. The molecule has 0 atom stereocenters. The van der Waals surface area contributed by atoms with Gasteiger partial charge in [0.15, 0.2) is 0 Å². The highest BCUT2D eigenvalue weighted by Gasteiger charge is 2.13. The largest absolute Gasteiger partial charge is 0.328 e. The molecular formula is C24H35N2-. The van der Waals surface area contributed by atoms with Gasteiger partial charge in [0.2, 0.25) is 0 Å². The quantitative estimate of drug-likeness (QED) is 0.450. The van der Waals surface area contributed by atoms with Crippen LogP contribution in [0.2, 0.25) is 0 Å². The molecule has 3 rings (SSSR count). The Morgan fingerprint density at radius 1 is 0.769 bits per heavy atom. The van der Waals surface area contributed by atoms with E-state index in [1.54, 1.807) is 0 Å². The summed E-state index contributed by atoms with van der Waals surface area (Å²) in [7, 11) is 0. The molecule has 0 aliphatic heterocycles. The van der Waals surface area contributed by atoms with Gasteiger partial charge in [-0.2, -0.15) is 0 Å². The topological polar surface area (TPSA) is 24.7 Å². The van der Waals surface area contributed by atoms with E-state index >= 15 is 0 Å². The highest BCUT2D eigenvalue weighted by atomic mass is 14.8. The molecule has 0 bridgehead atoms. The van der Waals surface area contributed by atoms with E-state index in [2.05, 4.69) is 51.4 Å². The molecular weight excluding hydrogens is 316 g/mol. The Morgan fingerprint density at radius 2 is 1.19 bits per heavy atom. The van der Waals surface area contributed by atoms with E-state index in [1.807, 2.05) is 0 Å². The summed E-state index contributed by atoms with van der Waals surface area (Å²) in [6.07, 6.45) is 17.1. The van der Waals surface area contributed by atoms with Crippen molar-refractivity contribution in [3.8, 4) is 0 Å². The summed E-state index contributed by atoms with van der Waals surface area (Å²) in [5.74, 6) is 0. The van der Waals surface area contributed by atoms with Crippen LogP contribution in [0.1, 0.15) is 102 Å². The van der Waals surface area contributed by atoms with Crippen molar-refractivity contribution in [3.05, 3.63) is 34.9 Å². The van der Waals surface area contributed by atoms with Gasteiger partial charge >= 0.3 is 0 Å². The molecule has 0 aromatic heterocycles. The fourth-order valence-corrected chi connectivity index (χ4v) is 4.02. The summed E-state index contributed by atoms with van der Waals surface area (Å²) < 4.78 is 0. The first-order valence-electron chi connectivity index (χ1n) is 10.6. The van der Waals surface area contributed by atoms with Gasteiger partial charge in [-0.1, -0.05) is 59.3 Å². The normalized spacial score (nSPS) is 21.0. The maximum Gasteiger partial charge on any atom is 0.0413 e. The van der Waals surface area contributed by atoms with E-state index in [0.29, 0.717) is 12.1 Å². The van der Waals surface area contributed by atoms with E-state index in [4.69, 9.17) is 9.98 Å². The lowest BCUT2D eigenvalue weighted by atomic mass is 9.85. The molecule has 2 fully saturated rings. The van der Waals surface area contributed by atoms with Crippen LogP contribution in [0, 0.1) is 6.07 Å². The second-order valence-corrected chi connectivity index (χ2v) is 9.17. The molecule has 2 saturated carbocycles. The predicted octanol–water partition coefficient (Wildman–Crippen LogP) is 6.29. The number of nitrogens with zero attached hydrogens (tertiary/aromatic N) is 2. The lowest BCUT2D eigenvalue weighted by Gasteiger charge is -2.25. The molecule has 0 spiro atoms. The van der Waals surface area contributed by atoms with Crippen molar-refractivity contribution in [3.63, 3.8) is 0 Å². The summed E-state index contributed by atoms with van der Waals surface area (Å²) in [4.78, 5) is 9.73. The monoisotopic (exact) mass is 351 g/mol. The Hall–Kier alpha value is -1.44. The molecule has 0 N–H and O–H groups in total. The zero-order valence-electron chi connectivity index (χ0n) is 16.9. The van der Waals surface area contributed by atoms with Gasteiger partial charge in [0.25, 0.3) is 0 Å². The summed E-state index contributed by atoms with van der Waals surface area (Å²) in [6.45, 7) is 6.81. The maximum absolute atomic E-state index is 4.87. The molecule has 2 aliphatic carbocycles. The standard InChI is InChI=1S/C24H35N2/c1-24(2,3)21-15-19(17-25-22-10-6-4-7-11-22)14-20(16-21)18-26-23-12-8-5-9-13-23/h15-18,22-23H,4-13H2,1-3H3/q-1. The van der Waals surface area contributed by atoms with Gasteiger partial charge < -0.3 is 9.98 Å². The van der Waals surface area contributed by atoms with Crippen molar-refractivity contribution < 1.29 is 0 Å². The van der Waals surface area contributed by atoms with Gasteiger partial charge in [-0.3, -0.25) is 0 Å². The molecule has 1 aromatic rings. The molecule has 1 aromatic carbocycles. The maximum atomic E-state index is 4.87. The summed E-state index contributed by atoms with van der Waals surface area (Å²) in [5.41, 5.74) is 3.67. The average molecular weight is 352 g/mol. The smallest absolute Gasteiger partial charge is 0.0413 e. The molecule has 0 heterocycles. The Morgan fingerprint density at radius 3 is 1.58 bits per heavy atom. The predicted molar refractivity (Wildman–Crippen MR) is 113 cm³/mol. The van der Waals surface area contributed by atoms with Crippen LogP contribution in [0.4, 0.5) is 0 Å². The first-order valence-corrected chi connectivity index (χ1v) is 10.6. The van der Waals surface area contributed by atoms with E-state index in [0.717, 1.165) is 11.1 Å². The van der Waals surface area contributed by atoms with Crippen LogP contribution >= 0.6 is 0 Å². The average Bonchev–Trinajstić information content (AvgIpc) is 2.66. The number of benzene rings is 1. The number of rotatable bonds is 4. The molecule has 0 amide bonds. The number of hydrogen-bond donors (Lipinski definition) is 0. The van der Waals surface area contributed by atoms with Crippen LogP contribution in [0.5, 0.6) is 0 Å². The van der Waals surface area contributed by atoms with Crippen molar-refractivity contribution in [1.29, 1.82) is 0 Å². The van der Waals surface area contributed by atoms with Gasteiger partial charge in [-0.15, -0.1) is 34.9 Å². The molecule has 26 heavy (non-hydrogen) atoms. The first kappa shape index (κ1) is 19.3. The molecule has 142 valence electrons. The third kappa shape index (κ3) is 5.79. The minimum atomic E-state index is 0.121. The van der Waals surface area contributed by atoms with E-state index < -0.39 is 0 Å². The van der Waals surface area contributed by atoms with Crippen LogP contribution in [0.3, 0.4) is 0 Å². The molecule has 0 radical (unpaired) electrons. The van der Waals surface area contributed by atoms with Crippen molar-refractivity contribution >= 4 is 12.4 Å². The molecule has 0 unspecified atom stereocenters. The van der Waals surface area contributed by atoms with E-state index in [9.17, 15) is 0 Å². The third-order valence-electron chi connectivity index (χ3n) is 5.77. The first-order chi connectivity index (χ1) is 12.5. The second kappa shape index (κ2) is 8.97. The van der Waals surface area contributed by atoms with Crippen LogP contribution in [0.25, 0.3) is 0 Å². The van der Waals surface area contributed by atoms with Gasteiger partial charge in [0.1, 0.15) is 0 Å². The highest BCUT2D eigenvalue weighted by molar-refractivity contribution is 5.86. The SMILES string of the molecule is CC(C)(C)c1cc(C=NC2CCCCC2)[c-]c(C=NC2CCCCC2)c1. The fraction of sp³-hybridized carbons (Fsp3) is 0.667. The zero-order chi connectivity index (χ0) is 18.4. The molecule has 2 heteroatoms. The number of hydrogen-bond acceptors (Lipinski definition) is 2. The van der Waals surface area contributed by atoms with Crippen molar-refractivity contribution in [2.24, 2.45) is 9.98 Å². The highest BCUT2D eigenvalue weighted by Crippen LogP contribution is 2.25. The van der Waals surface area contributed by atoms with E-state index in [1.165, 1.54) is 69.8 Å². The Labute approximate surface area is 160 Å². The second-order valence-electron chi connectivity index (χ2n) is 9.17. The van der Waals surface area contributed by atoms with Crippen molar-refractivity contribution in [2.75, 3.05) is 0 Å². The molecule has 0 saturated heterocycles. The van der Waals surface area contributed by atoms with Gasteiger partial charge in [-0.25, -0.2) is 0 Å². The van der Waals surface area contributed by atoms with Crippen molar-refractivity contribution in [2.45, 2.75) is 102 Å². The zero-order valence-corrected chi connectivity index (χ0v) is 16.9. The van der Waals surface area contributed by atoms with Gasteiger partial charge in [0.05, 0.1) is 0 Å². The van der Waals surface area contributed by atoms with Crippen molar-refractivity contribution in [1.82, 2.24) is 0 Å². The Kier molecular flexibility index (Phi) is 6.67. The van der Waals surface area contributed by atoms with Crippen LogP contribution in [0.15, 0.2) is 22.1 Å². The summed E-state index contributed by atoms with van der Waals surface area (Å²) in [5, 5.41) is 0. The van der Waals surface area contributed by atoms with Crippen LogP contribution < -0.4 is 0 Å².